The van der Waals surface area contributed by atoms with Crippen molar-refractivity contribution in [2.24, 2.45) is 5.92 Å². The monoisotopic (exact) mass is 1350 g/mol. The molecule has 0 heterocycles. The molecule has 19 heteroatoms. The Morgan fingerprint density at radius 2 is 0.587 bits per heavy atom. The molecule has 0 spiro atoms. The number of aliphatic hydroxyl groups is 1. The summed E-state index contributed by atoms with van der Waals surface area (Å²) in [6.45, 7) is 7.07. The summed E-state index contributed by atoms with van der Waals surface area (Å²) < 4.78 is 68.2. The summed E-state index contributed by atoms with van der Waals surface area (Å²) in [6, 6.07) is 0. The predicted molar refractivity (Wildman–Crippen MR) is 372 cm³/mol. The van der Waals surface area contributed by atoms with E-state index in [-0.39, 0.29) is 25.7 Å². The van der Waals surface area contributed by atoms with E-state index in [2.05, 4.69) is 58.9 Å². The Morgan fingerprint density at radius 1 is 0.337 bits per heavy atom. The molecule has 542 valence electrons. The molecule has 92 heavy (non-hydrogen) atoms. The first-order chi connectivity index (χ1) is 44.5. The average molecular weight is 1350 g/mol. The van der Waals surface area contributed by atoms with Gasteiger partial charge in [0.15, 0.2) is 12.2 Å². The van der Waals surface area contributed by atoms with Crippen LogP contribution >= 0.6 is 15.6 Å². The van der Waals surface area contributed by atoms with Crippen molar-refractivity contribution in [3.8, 4) is 0 Å². The zero-order valence-electron chi connectivity index (χ0n) is 59.2. The molecule has 0 aliphatic rings. The first-order valence-electron chi connectivity index (χ1n) is 37.5. The highest BCUT2D eigenvalue weighted by atomic mass is 31.2. The predicted octanol–water partition coefficient (Wildman–Crippen LogP) is 20.9. The number of rotatable bonds is 71. The van der Waals surface area contributed by atoms with Crippen molar-refractivity contribution in [1.29, 1.82) is 0 Å². The molecule has 0 aliphatic carbocycles. The van der Waals surface area contributed by atoms with Crippen LogP contribution in [0.2, 0.25) is 0 Å². The summed E-state index contributed by atoms with van der Waals surface area (Å²) in [7, 11) is -9.91. The fourth-order valence-electron chi connectivity index (χ4n) is 10.6. The van der Waals surface area contributed by atoms with Crippen molar-refractivity contribution in [2.45, 2.75) is 374 Å². The molecular formula is C73H138O17P2. The third kappa shape index (κ3) is 66.2. The lowest BCUT2D eigenvalue weighted by Gasteiger charge is -2.21. The first-order valence-corrected chi connectivity index (χ1v) is 40.4. The SMILES string of the molecule is CCCCCC/C=C\C=C/CCCCCCCC(=O)OC[C@H](COP(=O)(O)OC[C@@H](O)COP(=O)(O)OC[C@@H](COC(=O)CCCCCCCCCC)OC(=O)CCCCCCCCC(C)C)OC(=O)CCCCCCCCCCCCCCCCCCCCCC. The van der Waals surface area contributed by atoms with Gasteiger partial charge in [0.25, 0.3) is 0 Å². The van der Waals surface area contributed by atoms with Crippen molar-refractivity contribution in [3.63, 3.8) is 0 Å². The lowest BCUT2D eigenvalue weighted by atomic mass is 10.0. The van der Waals surface area contributed by atoms with Gasteiger partial charge in [0, 0.05) is 25.7 Å². The number of phosphoric acid groups is 2. The molecule has 3 N–H and O–H groups in total. The minimum Gasteiger partial charge on any atom is -0.462 e. The second-order valence-electron chi connectivity index (χ2n) is 26.1. The topological polar surface area (TPSA) is 237 Å². The molecular weight excluding hydrogens is 1210 g/mol. The van der Waals surface area contributed by atoms with Crippen molar-refractivity contribution in [3.05, 3.63) is 24.3 Å². The van der Waals surface area contributed by atoms with Crippen molar-refractivity contribution in [1.82, 2.24) is 0 Å². The number of phosphoric ester groups is 2. The molecule has 0 aromatic heterocycles. The third-order valence-corrected chi connectivity index (χ3v) is 18.3. The van der Waals surface area contributed by atoms with E-state index < -0.39 is 97.5 Å². The highest BCUT2D eigenvalue weighted by molar-refractivity contribution is 7.47. The minimum atomic E-state index is -4.96. The van der Waals surface area contributed by atoms with Crippen LogP contribution in [-0.4, -0.2) is 96.7 Å². The Balaban J connectivity index is 5.20. The lowest BCUT2D eigenvalue weighted by Crippen LogP contribution is -2.30. The highest BCUT2D eigenvalue weighted by Gasteiger charge is 2.30. The molecule has 0 fully saturated rings. The van der Waals surface area contributed by atoms with E-state index in [9.17, 15) is 43.2 Å². The maximum Gasteiger partial charge on any atom is 0.472 e. The van der Waals surface area contributed by atoms with Gasteiger partial charge in [-0.2, -0.15) is 0 Å². The van der Waals surface area contributed by atoms with Crippen LogP contribution in [0.15, 0.2) is 24.3 Å². The van der Waals surface area contributed by atoms with Gasteiger partial charge in [0.05, 0.1) is 26.4 Å². The van der Waals surface area contributed by atoms with Crippen LogP contribution in [0, 0.1) is 5.92 Å². The van der Waals surface area contributed by atoms with Crippen LogP contribution in [0.1, 0.15) is 356 Å². The molecule has 0 radical (unpaired) electrons. The smallest absolute Gasteiger partial charge is 0.462 e. The fraction of sp³-hybridized carbons (Fsp3) is 0.890. The van der Waals surface area contributed by atoms with Crippen LogP contribution in [0.25, 0.3) is 0 Å². The van der Waals surface area contributed by atoms with E-state index in [1.807, 2.05) is 0 Å². The summed E-state index contributed by atoms with van der Waals surface area (Å²) >= 11 is 0. The van der Waals surface area contributed by atoms with Gasteiger partial charge < -0.3 is 33.8 Å². The fourth-order valence-corrected chi connectivity index (χ4v) is 12.2. The van der Waals surface area contributed by atoms with Crippen molar-refractivity contribution < 1.29 is 80.2 Å². The van der Waals surface area contributed by atoms with Crippen molar-refractivity contribution in [2.75, 3.05) is 39.6 Å². The molecule has 0 aromatic rings. The summed E-state index contributed by atoms with van der Waals surface area (Å²) in [5.41, 5.74) is 0. The van der Waals surface area contributed by atoms with E-state index >= 15 is 0 Å². The number of carbonyl (C=O) groups excluding carboxylic acids is 4. The van der Waals surface area contributed by atoms with Crippen LogP contribution < -0.4 is 0 Å². The largest absolute Gasteiger partial charge is 0.472 e. The minimum absolute atomic E-state index is 0.0999. The number of unbranched alkanes of at least 4 members (excludes halogenated alkanes) is 40. The van der Waals surface area contributed by atoms with Crippen molar-refractivity contribution >= 4 is 39.5 Å². The number of ether oxygens (including phenoxy) is 4. The summed E-state index contributed by atoms with van der Waals surface area (Å²) in [6.07, 6.45) is 56.7. The van der Waals surface area contributed by atoms with Crippen LogP contribution in [0.4, 0.5) is 0 Å². The van der Waals surface area contributed by atoms with E-state index in [1.54, 1.807) is 0 Å². The Morgan fingerprint density at radius 3 is 0.891 bits per heavy atom. The first kappa shape index (κ1) is 89.5. The molecule has 5 atom stereocenters. The van der Waals surface area contributed by atoms with Gasteiger partial charge in [-0.1, -0.05) is 303 Å². The maximum absolute atomic E-state index is 13.0. The van der Waals surface area contributed by atoms with Gasteiger partial charge in [0.2, 0.25) is 0 Å². The molecule has 0 aliphatic heterocycles. The van der Waals surface area contributed by atoms with E-state index in [0.29, 0.717) is 31.6 Å². The zero-order chi connectivity index (χ0) is 67.7. The second kappa shape index (κ2) is 65.8. The van der Waals surface area contributed by atoms with Crippen LogP contribution in [-0.2, 0) is 65.4 Å². The Hall–Kier alpha value is -2.46. The quantitative estimate of drug-likeness (QED) is 0.0169. The molecule has 17 nitrogen and oxygen atoms in total. The number of hydrogen-bond acceptors (Lipinski definition) is 15. The lowest BCUT2D eigenvalue weighted by molar-refractivity contribution is -0.161. The molecule has 0 bridgehead atoms. The number of allylic oxidation sites excluding steroid dienone is 4. The van der Waals surface area contributed by atoms with Crippen LogP contribution in [0.3, 0.4) is 0 Å². The molecule has 0 rings (SSSR count). The summed E-state index contributed by atoms with van der Waals surface area (Å²) in [4.78, 5) is 72.5. The zero-order valence-corrected chi connectivity index (χ0v) is 61.0. The van der Waals surface area contributed by atoms with Gasteiger partial charge >= 0.3 is 39.5 Å². The standard InChI is InChI=1S/C73H138O17P2/c1-6-9-12-15-18-21-23-25-27-28-29-30-31-33-35-37-39-42-48-53-58-72(77)89-68(62-84-71(76)57-52-47-41-38-36-34-32-26-24-22-19-16-13-10-7-2)64-87-91(79,80)85-60-67(74)61-86-92(81,82)88-65-69(63-83-70(75)56-51-46-40-20-17-14-11-8-3)90-73(78)59-54-49-44-43-45-50-55-66(4)5/h22,24,26,32,66-69,74H,6-21,23,25,27-31,33-65H2,1-5H3,(H,79,80)(H,81,82)/b24-22-,32-26-/t67-,68-,69-/m1/s1. The molecule has 0 amide bonds. The van der Waals surface area contributed by atoms with E-state index in [1.165, 1.54) is 154 Å². The van der Waals surface area contributed by atoms with Gasteiger partial charge in [0.1, 0.15) is 19.3 Å². The third-order valence-electron chi connectivity index (χ3n) is 16.4. The van der Waals surface area contributed by atoms with Gasteiger partial charge in [-0.25, -0.2) is 9.13 Å². The van der Waals surface area contributed by atoms with Gasteiger partial charge in [-0.3, -0.25) is 37.3 Å². The second-order valence-corrected chi connectivity index (χ2v) is 29.0. The number of esters is 4. The van der Waals surface area contributed by atoms with Crippen LogP contribution in [0.5, 0.6) is 0 Å². The Bertz CT molecular complexity index is 1860. The van der Waals surface area contributed by atoms with E-state index in [4.69, 9.17) is 37.0 Å². The van der Waals surface area contributed by atoms with E-state index in [0.717, 1.165) is 116 Å². The molecule has 2 unspecified atom stereocenters. The van der Waals surface area contributed by atoms with Gasteiger partial charge in [-0.15, -0.1) is 0 Å². The molecule has 0 aromatic carbocycles. The average Bonchev–Trinajstić information content (AvgIpc) is 2.66. The Kier molecular flexibility index (Phi) is 64.0. The normalized spacial score (nSPS) is 14.2. The maximum atomic E-state index is 13.0. The summed E-state index contributed by atoms with van der Waals surface area (Å²) in [5, 5.41) is 10.6. The van der Waals surface area contributed by atoms with Gasteiger partial charge in [-0.05, 0) is 57.3 Å². The molecule has 0 saturated heterocycles. The number of hydrogen-bond donors (Lipinski definition) is 3. The highest BCUT2D eigenvalue weighted by Crippen LogP contribution is 2.45. The number of aliphatic hydroxyl groups excluding tert-OH is 1. The number of carbonyl (C=O) groups is 4. The summed E-state index contributed by atoms with van der Waals surface area (Å²) in [5.74, 6) is -1.49. The Labute approximate surface area is 561 Å². The molecule has 0 saturated carbocycles.